The third-order valence-corrected chi connectivity index (χ3v) is 4.20. The van der Waals surface area contributed by atoms with Gasteiger partial charge in [0.2, 0.25) is 0 Å². The van der Waals surface area contributed by atoms with Crippen LogP contribution in [0.3, 0.4) is 0 Å². The number of benzene rings is 1. The molecule has 0 bridgehead atoms. The van der Waals surface area contributed by atoms with E-state index in [1.165, 1.54) is 18.2 Å². The van der Waals surface area contributed by atoms with Crippen LogP contribution in [-0.4, -0.2) is 54.0 Å². The van der Waals surface area contributed by atoms with Gasteiger partial charge in [-0.2, -0.15) is 5.26 Å². The predicted octanol–water partition coefficient (Wildman–Crippen LogP) is 2.40. The van der Waals surface area contributed by atoms with Crippen molar-refractivity contribution >= 4 is 22.4 Å². The molecular formula is C16H15F2N5O2. The average Bonchev–Trinajstić information content (AvgIpc) is 2.60. The molecule has 1 aliphatic rings. The number of nitro benzene ring substituents is 1. The summed E-state index contributed by atoms with van der Waals surface area (Å²) in [4.78, 5) is 18.5. The molecule has 0 radical (unpaired) electrons. The van der Waals surface area contributed by atoms with Crippen molar-refractivity contribution < 1.29 is 13.7 Å². The van der Waals surface area contributed by atoms with E-state index in [4.69, 9.17) is 0 Å². The van der Waals surface area contributed by atoms with E-state index >= 15 is 0 Å². The number of nitriles is 1. The highest BCUT2D eigenvalue weighted by Crippen LogP contribution is 2.26. The van der Waals surface area contributed by atoms with Gasteiger partial charge in [0.1, 0.15) is 5.82 Å². The fraction of sp³-hybridized carbons (Fsp3) is 0.375. The van der Waals surface area contributed by atoms with Gasteiger partial charge in [0.15, 0.2) is 0 Å². The third-order valence-electron chi connectivity index (χ3n) is 4.20. The summed E-state index contributed by atoms with van der Waals surface area (Å²) in [6.07, 6.45) is -2.36. The van der Waals surface area contributed by atoms with Crippen LogP contribution in [0, 0.1) is 21.4 Å². The zero-order chi connectivity index (χ0) is 18.0. The lowest BCUT2D eigenvalue weighted by molar-refractivity contribution is -0.384. The molecule has 9 heteroatoms. The summed E-state index contributed by atoms with van der Waals surface area (Å²) in [6.45, 7) is 1.80. The summed E-state index contributed by atoms with van der Waals surface area (Å²) in [5.41, 5.74) is 0.701. The summed E-state index contributed by atoms with van der Waals surface area (Å²) in [7, 11) is 0. The topological polar surface area (TPSA) is 86.3 Å². The first kappa shape index (κ1) is 17.0. The van der Waals surface area contributed by atoms with Gasteiger partial charge in [-0.3, -0.25) is 15.0 Å². The van der Waals surface area contributed by atoms with Crippen LogP contribution in [0.4, 0.5) is 20.3 Å². The highest BCUT2D eigenvalue weighted by atomic mass is 19.3. The Hall–Kier alpha value is -2.86. The van der Waals surface area contributed by atoms with E-state index in [2.05, 4.69) is 11.1 Å². The van der Waals surface area contributed by atoms with Crippen molar-refractivity contribution in [2.45, 2.75) is 6.43 Å². The van der Waals surface area contributed by atoms with E-state index in [-0.39, 0.29) is 12.2 Å². The number of rotatable bonds is 4. The lowest BCUT2D eigenvalue weighted by Crippen LogP contribution is -2.48. The molecule has 2 aromatic rings. The first-order valence-electron chi connectivity index (χ1n) is 7.72. The van der Waals surface area contributed by atoms with Crippen LogP contribution in [-0.2, 0) is 0 Å². The molecule has 130 valence electrons. The number of alkyl halides is 2. The van der Waals surface area contributed by atoms with E-state index < -0.39 is 11.3 Å². The van der Waals surface area contributed by atoms with Crippen LogP contribution in [0.1, 0.15) is 5.56 Å². The summed E-state index contributed by atoms with van der Waals surface area (Å²) in [5, 5.41) is 20.7. The second-order valence-electron chi connectivity index (χ2n) is 5.78. The molecule has 0 spiro atoms. The Labute approximate surface area is 142 Å². The molecule has 1 saturated heterocycles. The second-order valence-corrected chi connectivity index (χ2v) is 5.78. The lowest BCUT2D eigenvalue weighted by Gasteiger charge is -2.35. The van der Waals surface area contributed by atoms with Gasteiger partial charge in [-0.25, -0.2) is 13.8 Å². The largest absolute Gasteiger partial charge is 0.354 e. The number of piperazine rings is 1. The molecule has 0 unspecified atom stereocenters. The molecule has 7 nitrogen and oxygen atoms in total. The molecule has 2 heterocycles. The van der Waals surface area contributed by atoms with Crippen LogP contribution < -0.4 is 4.90 Å². The van der Waals surface area contributed by atoms with Crippen LogP contribution in [0.2, 0.25) is 0 Å². The van der Waals surface area contributed by atoms with Crippen LogP contribution in [0.25, 0.3) is 10.9 Å². The molecule has 1 fully saturated rings. The van der Waals surface area contributed by atoms with Crippen molar-refractivity contribution in [1.82, 2.24) is 9.88 Å². The van der Waals surface area contributed by atoms with Crippen molar-refractivity contribution in [3.63, 3.8) is 0 Å². The molecule has 0 N–H and O–H groups in total. The average molecular weight is 347 g/mol. The van der Waals surface area contributed by atoms with Crippen molar-refractivity contribution in [3.8, 4) is 6.07 Å². The van der Waals surface area contributed by atoms with Crippen molar-refractivity contribution in [2.24, 2.45) is 0 Å². The standard InChI is InChI=1S/C16H15F2N5O2/c17-15(18)10-21-3-5-22(6-4-21)16-7-11(9-19)13-8-12(23(24)25)1-2-14(13)20-16/h1-2,7-8,15H,3-6,10H2. The third kappa shape index (κ3) is 3.64. The van der Waals surface area contributed by atoms with Crippen molar-refractivity contribution in [2.75, 3.05) is 37.6 Å². The van der Waals surface area contributed by atoms with E-state index in [1.807, 2.05) is 4.90 Å². The number of nitro groups is 1. The monoisotopic (exact) mass is 347 g/mol. The van der Waals surface area contributed by atoms with Gasteiger partial charge in [-0.05, 0) is 12.1 Å². The van der Waals surface area contributed by atoms with E-state index in [0.717, 1.165) is 0 Å². The number of hydrogen-bond donors (Lipinski definition) is 0. The van der Waals surface area contributed by atoms with Gasteiger partial charge in [0, 0.05) is 43.7 Å². The van der Waals surface area contributed by atoms with Gasteiger partial charge < -0.3 is 4.90 Å². The normalized spacial score (nSPS) is 15.5. The molecule has 0 saturated carbocycles. The van der Waals surface area contributed by atoms with Gasteiger partial charge in [0.25, 0.3) is 12.1 Å². The zero-order valence-electron chi connectivity index (χ0n) is 13.2. The second kappa shape index (κ2) is 6.94. The Morgan fingerprint density at radius 2 is 2.00 bits per heavy atom. The number of halogens is 2. The molecule has 1 aromatic carbocycles. The smallest absolute Gasteiger partial charge is 0.270 e. The fourth-order valence-corrected chi connectivity index (χ4v) is 2.92. The molecular weight excluding hydrogens is 332 g/mol. The SMILES string of the molecule is N#Cc1cc(N2CCN(CC(F)F)CC2)nc2ccc([N+](=O)[O-])cc12. The Kier molecular flexibility index (Phi) is 4.72. The number of non-ortho nitro benzene ring substituents is 1. The maximum atomic E-state index is 12.5. The van der Waals surface area contributed by atoms with Gasteiger partial charge in [-0.15, -0.1) is 0 Å². The quantitative estimate of drug-likeness (QED) is 0.623. The zero-order valence-corrected chi connectivity index (χ0v) is 13.2. The maximum Gasteiger partial charge on any atom is 0.270 e. The molecule has 1 aliphatic heterocycles. The summed E-state index contributed by atoms with van der Waals surface area (Å²) in [6, 6.07) is 7.85. The molecule has 1 aromatic heterocycles. The Balaban J connectivity index is 1.87. The highest BCUT2D eigenvalue weighted by Gasteiger charge is 2.21. The summed E-state index contributed by atoms with van der Waals surface area (Å²) in [5.74, 6) is 0.578. The fourth-order valence-electron chi connectivity index (χ4n) is 2.92. The maximum absolute atomic E-state index is 12.5. The lowest BCUT2D eigenvalue weighted by atomic mass is 10.1. The van der Waals surface area contributed by atoms with Crippen molar-refractivity contribution in [1.29, 1.82) is 5.26 Å². The number of aromatic nitrogens is 1. The van der Waals surface area contributed by atoms with E-state index in [1.54, 1.807) is 11.0 Å². The number of pyridine rings is 1. The Morgan fingerprint density at radius 1 is 1.28 bits per heavy atom. The molecule has 0 atom stereocenters. The molecule has 0 aliphatic carbocycles. The van der Waals surface area contributed by atoms with Crippen LogP contribution in [0.5, 0.6) is 0 Å². The highest BCUT2D eigenvalue weighted by molar-refractivity contribution is 5.88. The summed E-state index contributed by atoms with van der Waals surface area (Å²) < 4.78 is 24.9. The summed E-state index contributed by atoms with van der Waals surface area (Å²) >= 11 is 0. The number of nitrogens with zero attached hydrogens (tertiary/aromatic N) is 5. The first-order chi connectivity index (χ1) is 12.0. The minimum Gasteiger partial charge on any atom is -0.354 e. The number of anilines is 1. The van der Waals surface area contributed by atoms with Crippen LogP contribution in [0.15, 0.2) is 24.3 Å². The Morgan fingerprint density at radius 3 is 2.60 bits per heavy atom. The number of hydrogen-bond acceptors (Lipinski definition) is 6. The van der Waals surface area contributed by atoms with Crippen LogP contribution >= 0.6 is 0 Å². The Bertz CT molecular complexity index is 844. The minimum atomic E-state index is -2.36. The minimum absolute atomic E-state index is 0.0980. The predicted molar refractivity (Wildman–Crippen MR) is 87.8 cm³/mol. The molecule has 0 amide bonds. The molecule has 3 rings (SSSR count). The number of fused-ring (bicyclic) bond motifs is 1. The van der Waals surface area contributed by atoms with E-state index in [9.17, 15) is 24.2 Å². The molecule has 25 heavy (non-hydrogen) atoms. The van der Waals surface area contributed by atoms with Gasteiger partial charge >= 0.3 is 0 Å². The first-order valence-corrected chi connectivity index (χ1v) is 7.72. The van der Waals surface area contributed by atoms with Crippen molar-refractivity contribution in [3.05, 3.63) is 39.9 Å². The van der Waals surface area contributed by atoms with E-state index in [0.29, 0.717) is 48.5 Å². The van der Waals surface area contributed by atoms with Gasteiger partial charge in [0.05, 0.1) is 28.6 Å². The van der Waals surface area contributed by atoms with Gasteiger partial charge in [-0.1, -0.05) is 0 Å².